The Morgan fingerprint density at radius 3 is 2.41 bits per heavy atom. The summed E-state index contributed by atoms with van der Waals surface area (Å²) in [7, 11) is 3.23. The van der Waals surface area contributed by atoms with Gasteiger partial charge in [0.05, 0.1) is 25.8 Å². The average Bonchev–Trinajstić information content (AvgIpc) is 3.13. The molecule has 0 aliphatic heterocycles. The van der Waals surface area contributed by atoms with Crippen molar-refractivity contribution in [3.63, 3.8) is 0 Å². The van der Waals surface area contributed by atoms with Gasteiger partial charge in [0.15, 0.2) is 0 Å². The van der Waals surface area contributed by atoms with Gasteiger partial charge in [0, 0.05) is 5.56 Å². The van der Waals surface area contributed by atoms with E-state index in [0.717, 1.165) is 17.1 Å². The molecule has 0 aliphatic rings. The van der Waals surface area contributed by atoms with Crippen molar-refractivity contribution in [1.29, 1.82) is 0 Å². The molecule has 1 unspecified atom stereocenters. The average molecular weight is 395 g/mol. The normalized spacial score (nSPS) is 11.6. The van der Waals surface area contributed by atoms with Gasteiger partial charge in [0.1, 0.15) is 35.4 Å². The zero-order valence-corrected chi connectivity index (χ0v) is 17.0. The van der Waals surface area contributed by atoms with E-state index in [4.69, 9.17) is 18.6 Å². The third-order valence-electron chi connectivity index (χ3n) is 4.61. The number of benzene rings is 2. The summed E-state index contributed by atoms with van der Waals surface area (Å²) in [5.74, 6) is 3.10. The molecule has 3 aromatic rings. The van der Waals surface area contributed by atoms with Crippen molar-refractivity contribution < 1.29 is 23.4 Å². The number of hydrogen-bond donors (Lipinski definition) is 1. The van der Waals surface area contributed by atoms with Gasteiger partial charge in [0.2, 0.25) is 0 Å². The molecular formula is C23H25NO5. The number of aryl methyl sites for hydroxylation is 1. The fourth-order valence-electron chi connectivity index (χ4n) is 3.04. The van der Waals surface area contributed by atoms with Gasteiger partial charge in [0.25, 0.3) is 5.91 Å². The minimum absolute atomic E-state index is 0.208. The number of methoxy groups -OCH3 is 2. The van der Waals surface area contributed by atoms with Crippen LogP contribution in [0.4, 0.5) is 0 Å². The number of amides is 1. The molecule has 6 nitrogen and oxygen atoms in total. The number of ether oxygens (including phenoxy) is 3. The number of carbonyl (C=O) groups excluding carboxylic acids is 1. The van der Waals surface area contributed by atoms with Gasteiger partial charge in [-0.3, -0.25) is 4.79 Å². The van der Waals surface area contributed by atoms with Crippen LogP contribution in [0.5, 0.6) is 17.2 Å². The third-order valence-corrected chi connectivity index (χ3v) is 4.61. The Bertz CT molecular complexity index is 962. The number of nitrogens with one attached hydrogen (secondary N) is 1. The van der Waals surface area contributed by atoms with Crippen LogP contribution in [0.15, 0.2) is 59.0 Å². The fraction of sp³-hybridized carbons (Fsp3) is 0.261. The fourth-order valence-corrected chi connectivity index (χ4v) is 3.04. The van der Waals surface area contributed by atoms with Crippen LogP contribution in [-0.2, 0) is 6.61 Å². The van der Waals surface area contributed by atoms with Crippen molar-refractivity contribution >= 4 is 5.91 Å². The summed E-state index contributed by atoms with van der Waals surface area (Å²) in [4.78, 5) is 12.7. The first-order chi connectivity index (χ1) is 14.0. The van der Waals surface area contributed by atoms with Crippen LogP contribution in [0.1, 0.15) is 40.4 Å². The van der Waals surface area contributed by atoms with E-state index in [1.165, 1.54) is 0 Å². The first kappa shape index (κ1) is 20.3. The molecule has 2 aromatic carbocycles. The minimum atomic E-state index is -0.216. The van der Waals surface area contributed by atoms with Crippen LogP contribution < -0.4 is 19.5 Å². The van der Waals surface area contributed by atoms with E-state index in [2.05, 4.69) is 5.32 Å². The summed E-state index contributed by atoms with van der Waals surface area (Å²) < 4.78 is 21.9. The largest absolute Gasteiger partial charge is 0.497 e. The number of rotatable bonds is 8. The van der Waals surface area contributed by atoms with Crippen molar-refractivity contribution in [2.24, 2.45) is 0 Å². The van der Waals surface area contributed by atoms with Gasteiger partial charge >= 0.3 is 0 Å². The SMILES string of the molecule is COc1ccc(OCc2cc(C(=O)NC(C)c3ccccc3OC)c(C)o2)cc1. The lowest BCUT2D eigenvalue weighted by Gasteiger charge is -2.17. The number of para-hydroxylation sites is 1. The minimum Gasteiger partial charge on any atom is -0.497 e. The molecule has 152 valence electrons. The van der Waals surface area contributed by atoms with Gasteiger partial charge in [-0.25, -0.2) is 0 Å². The summed E-state index contributed by atoms with van der Waals surface area (Å²) in [6.45, 7) is 3.90. The maximum absolute atomic E-state index is 12.7. The molecule has 0 saturated heterocycles. The predicted octanol–water partition coefficient (Wildman–Crippen LogP) is 4.68. The van der Waals surface area contributed by atoms with E-state index >= 15 is 0 Å². The third kappa shape index (κ3) is 4.90. The first-order valence-electron chi connectivity index (χ1n) is 9.31. The number of furan rings is 1. The maximum atomic E-state index is 12.7. The molecule has 0 bridgehead atoms. The Kier molecular flexibility index (Phi) is 6.44. The Morgan fingerprint density at radius 2 is 1.72 bits per heavy atom. The van der Waals surface area contributed by atoms with E-state index in [1.54, 1.807) is 27.2 Å². The topological polar surface area (TPSA) is 69.9 Å². The molecule has 0 aliphatic carbocycles. The molecule has 1 heterocycles. The number of hydrogen-bond acceptors (Lipinski definition) is 5. The zero-order chi connectivity index (χ0) is 20.8. The van der Waals surface area contributed by atoms with Crippen LogP contribution >= 0.6 is 0 Å². The summed E-state index contributed by atoms with van der Waals surface area (Å²) in [5, 5.41) is 2.99. The quantitative estimate of drug-likeness (QED) is 0.600. The van der Waals surface area contributed by atoms with Crippen molar-refractivity contribution in [1.82, 2.24) is 5.32 Å². The lowest BCUT2D eigenvalue weighted by atomic mass is 10.1. The second-order valence-corrected chi connectivity index (χ2v) is 6.58. The Morgan fingerprint density at radius 1 is 1.03 bits per heavy atom. The molecule has 1 atom stereocenters. The lowest BCUT2D eigenvalue weighted by molar-refractivity contribution is 0.0938. The first-order valence-corrected chi connectivity index (χ1v) is 9.31. The van der Waals surface area contributed by atoms with Crippen LogP contribution in [-0.4, -0.2) is 20.1 Å². The molecule has 0 radical (unpaired) electrons. The highest BCUT2D eigenvalue weighted by Gasteiger charge is 2.19. The summed E-state index contributed by atoms with van der Waals surface area (Å²) in [6, 6.07) is 16.4. The van der Waals surface area contributed by atoms with Gasteiger partial charge < -0.3 is 23.9 Å². The van der Waals surface area contributed by atoms with E-state index in [-0.39, 0.29) is 18.6 Å². The number of carbonyl (C=O) groups is 1. The highest BCUT2D eigenvalue weighted by Crippen LogP contribution is 2.25. The zero-order valence-electron chi connectivity index (χ0n) is 17.0. The summed E-state index contributed by atoms with van der Waals surface area (Å²) in [6.07, 6.45) is 0. The molecule has 0 fully saturated rings. The van der Waals surface area contributed by atoms with E-state index in [9.17, 15) is 4.79 Å². The van der Waals surface area contributed by atoms with Gasteiger partial charge in [-0.1, -0.05) is 18.2 Å². The summed E-state index contributed by atoms with van der Waals surface area (Å²) in [5.41, 5.74) is 1.40. The monoisotopic (exact) mass is 395 g/mol. The van der Waals surface area contributed by atoms with Gasteiger partial charge in [-0.15, -0.1) is 0 Å². The molecule has 29 heavy (non-hydrogen) atoms. The van der Waals surface area contributed by atoms with Crippen molar-refractivity contribution in [3.05, 3.63) is 77.2 Å². The highest BCUT2D eigenvalue weighted by atomic mass is 16.5. The maximum Gasteiger partial charge on any atom is 0.255 e. The second-order valence-electron chi connectivity index (χ2n) is 6.58. The molecule has 1 N–H and O–H groups in total. The lowest BCUT2D eigenvalue weighted by Crippen LogP contribution is -2.27. The molecule has 1 amide bonds. The highest BCUT2D eigenvalue weighted by molar-refractivity contribution is 5.95. The Balaban J connectivity index is 1.64. The van der Waals surface area contributed by atoms with E-state index in [0.29, 0.717) is 22.8 Å². The van der Waals surface area contributed by atoms with E-state index in [1.807, 2.05) is 55.5 Å². The molecular weight excluding hydrogens is 370 g/mol. The van der Waals surface area contributed by atoms with Crippen molar-refractivity contribution in [2.75, 3.05) is 14.2 Å². The predicted molar refractivity (Wildman–Crippen MR) is 110 cm³/mol. The standard InChI is InChI=1S/C23H25NO5/c1-15(20-7-5-6-8-22(20)27-4)24-23(25)21-13-19(29-16(21)2)14-28-18-11-9-17(26-3)10-12-18/h5-13,15H,14H2,1-4H3,(H,24,25). The smallest absolute Gasteiger partial charge is 0.255 e. The second kappa shape index (κ2) is 9.19. The molecule has 3 rings (SSSR count). The van der Waals surface area contributed by atoms with Crippen molar-refractivity contribution in [3.8, 4) is 17.2 Å². The van der Waals surface area contributed by atoms with Crippen LogP contribution in [0.25, 0.3) is 0 Å². The Hall–Kier alpha value is -3.41. The summed E-state index contributed by atoms with van der Waals surface area (Å²) >= 11 is 0. The van der Waals surface area contributed by atoms with Crippen LogP contribution in [0.3, 0.4) is 0 Å². The van der Waals surface area contributed by atoms with Crippen LogP contribution in [0.2, 0.25) is 0 Å². The molecule has 1 aromatic heterocycles. The van der Waals surface area contributed by atoms with E-state index < -0.39 is 0 Å². The Labute approximate surface area is 170 Å². The molecule has 6 heteroatoms. The van der Waals surface area contributed by atoms with Gasteiger partial charge in [-0.05, 0) is 50.2 Å². The molecule has 0 saturated carbocycles. The van der Waals surface area contributed by atoms with Gasteiger partial charge in [-0.2, -0.15) is 0 Å². The van der Waals surface area contributed by atoms with Crippen molar-refractivity contribution in [2.45, 2.75) is 26.5 Å². The molecule has 0 spiro atoms. The van der Waals surface area contributed by atoms with Crippen LogP contribution in [0, 0.1) is 6.92 Å².